The molecule has 1 aliphatic rings. The van der Waals surface area contributed by atoms with E-state index in [0.717, 1.165) is 18.4 Å². The van der Waals surface area contributed by atoms with Gasteiger partial charge in [-0.3, -0.25) is 14.5 Å². The Morgan fingerprint density at radius 3 is 2.55 bits per heavy atom. The van der Waals surface area contributed by atoms with Crippen LogP contribution in [0.3, 0.4) is 0 Å². The molecule has 0 saturated carbocycles. The molecule has 0 bridgehead atoms. The van der Waals surface area contributed by atoms with Crippen LogP contribution in [0.2, 0.25) is 0 Å². The molecule has 1 aromatic rings. The molecule has 1 aliphatic heterocycles. The van der Waals surface area contributed by atoms with Crippen molar-refractivity contribution in [2.75, 3.05) is 66.7 Å². The molecule has 1 N–H and O–H groups in total. The van der Waals surface area contributed by atoms with E-state index in [1.165, 1.54) is 0 Å². The summed E-state index contributed by atoms with van der Waals surface area (Å²) in [5.41, 5.74) is 0.873. The lowest BCUT2D eigenvalue weighted by atomic mass is 10.2. The van der Waals surface area contributed by atoms with Crippen LogP contribution < -0.4 is 14.8 Å². The predicted octanol–water partition coefficient (Wildman–Crippen LogP) is 1.79. The molecular formula is C23H35N3O5. The summed E-state index contributed by atoms with van der Waals surface area (Å²) >= 11 is 0. The number of hydrogen-bond acceptors (Lipinski definition) is 6. The Hall–Kier alpha value is -2.58. The van der Waals surface area contributed by atoms with Gasteiger partial charge in [-0.05, 0) is 36.6 Å². The van der Waals surface area contributed by atoms with Crippen LogP contribution in [0.5, 0.6) is 11.5 Å². The fourth-order valence-electron chi connectivity index (χ4n) is 3.22. The van der Waals surface area contributed by atoms with Crippen LogP contribution in [0.15, 0.2) is 24.3 Å². The number of piperazine rings is 1. The number of nitrogens with zero attached hydrogens (tertiary/aromatic N) is 2. The number of nitrogens with one attached hydrogen (secondary N) is 1. The van der Waals surface area contributed by atoms with Crippen LogP contribution in [-0.4, -0.2) is 88.3 Å². The van der Waals surface area contributed by atoms with Crippen molar-refractivity contribution >= 4 is 17.9 Å². The number of hydrogen-bond donors (Lipinski definition) is 1. The maximum atomic E-state index is 12.5. The third-order valence-electron chi connectivity index (χ3n) is 4.97. The molecule has 2 rings (SSSR count). The maximum absolute atomic E-state index is 12.5. The second-order valence-corrected chi connectivity index (χ2v) is 7.39. The summed E-state index contributed by atoms with van der Waals surface area (Å²) in [6, 6.07) is 5.62. The van der Waals surface area contributed by atoms with Crippen molar-refractivity contribution < 1.29 is 23.8 Å². The first-order chi connectivity index (χ1) is 15.1. The molecule has 1 fully saturated rings. The number of methoxy groups -OCH3 is 2. The summed E-state index contributed by atoms with van der Waals surface area (Å²) in [4.78, 5) is 28.4. The number of carbonyl (C=O) groups is 2. The van der Waals surface area contributed by atoms with E-state index in [0.29, 0.717) is 64.0 Å². The van der Waals surface area contributed by atoms with Crippen molar-refractivity contribution in [3.63, 3.8) is 0 Å². The van der Waals surface area contributed by atoms with Crippen LogP contribution in [0.25, 0.3) is 6.08 Å². The van der Waals surface area contributed by atoms with Gasteiger partial charge in [0.1, 0.15) is 0 Å². The Kier molecular flexibility index (Phi) is 10.9. The normalized spacial score (nSPS) is 14.6. The van der Waals surface area contributed by atoms with Crippen LogP contribution in [-0.2, 0) is 14.3 Å². The van der Waals surface area contributed by atoms with Gasteiger partial charge in [-0.1, -0.05) is 13.0 Å². The van der Waals surface area contributed by atoms with E-state index in [-0.39, 0.29) is 11.8 Å². The highest BCUT2D eigenvalue weighted by Crippen LogP contribution is 2.28. The zero-order chi connectivity index (χ0) is 22.5. The van der Waals surface area contributed by atoms with Gasteiger partial charge in [0.2, 0.25) is 11.8 Å². The van der Waals surface area contributed by atoms with E-state index in [1.54, 1.807) is 31.3 Å². The van der Waals surface area contributed by atoms with Crippen molar-refractivity contribution in [2.24, 2.45) is 0 Å². The summed E-state index contributed by atoms with van der Waals surface area (Å²) in [6.07, 6.45) is 5.09. The van der Waals surface area contributed by atoms with Crippen molar-refractivity contribution in [3.8, 4) is 11.5 Å². The number of ether oxygens (including phenoxy) is 3. The van der Waals surface area contributed by atoms with Gasteiger partial charge < -0.3 is 24.4 Å². The minimum absolute atomic E-state index is 0.0103. The molecule has 1 heterocycles. The van der Waals surface area contributed by atoms with Gasteiger partial charge in [0, 0.05) is 52.5 Å². The van der Waals surface area contributed by atoms with Crippen molar-refractivity contribution in [2.45, 2.75) is 19.8 Å². The van der Waals surface area contributed by atoms with Crippen LogP contribution in [0.4, 0.5) is 0 Å². The first kappa shape index (κ1) is 24.7. The molecule has 1 saturated heterocycles. The Balaban J connectivity index is 1.78. The molecule has 172 valence electrons. The van der Waals surface area contributed by atoms with Gasteiger partial charge in [-0.2, -0.15) is 0 Å². The van der Waals surface area contributed by atoms with E-state index in [2.05, 4.69) is 10.2 Å². The van der Waals surface area contributed by atoms with Gasteiger partial charge in [-0.25, -0.2) is 0 Å². The molecule has 31 heavy (non-hydrogen) atoms. The summed E-state index contributed by atoms with van der Waals surface area (Å²) in [5.74, 6) is 1.33. The van der Waals surface area contributed by atoms with Crippen LogP contribution >= 0.6 is 0 Å². The topological polar surface area (TPSA) is 80.3 Å². The lowest BCUT2D eigenvalue weighted by Crippen LogP contribution is -2.50. The second-order valence-electron chi connectivity index (χ2n) is 7.39. The summed E-state index contributed by atoms with van der Waals surface area (Å²) < 4.78 is 16.0. The van der Waals surface area contributed by atoms with Crippen molar-refractivity contribution in [1.82, 2.24) is 15.1 Å². The molecule has 0 radical (unpaired) electrons. The van der Waals surface area contributed by atoms with E-state index >= 15 is 0 Å². The third-order valence-corrected chi connectivity index (χ3v) is 4.97. The van der Waals surface area contributed by atoms with E-state index in [9.17, 15) is 9.59 Å². The van der Waals surface area contributed by atoms with E-state index in [4.69, 9.17) is 14.2 Å². The summed E-state index contributed by atoms with van der Waals surface area (Å²) in [6.45, 7) is 6.87. The number of benzene rings is 1. The smallest absolute Gasteiger partial charge is 0.246 e. The van der Waals surface area contributed by atoms with Gasteiger partial charge in [0.05, 0.1) is 20.3 Å². The lowest BCUT2D eigenvalue weighted by Gasteiger charge is -2.33. The van der Waals surface area contributed by atoms with E-state index < -0.39 is 0 Å². The first-order valence-electron chi connectivity index (χ1n) is 10.8. The lowest BCUT2D eigenvalue weighted by molar-refractivity contribution is -0.128. The maximum Gasteiger partial charge on any atom is 0.246 e. The monoisotopic (exact) mass is 433 g/mol. The van der Waals surface area contributed by atoms with Gasteiger partial charge in [0.15, 0.2) is 11.5 Å². The Morgan fingerprint density at radius 2 is 1.87 bits per heavy atom. The highest BCUT2D eigenvalue weighted by atomic mass is 16.5. The zero-order valence-corrected chi connectivity index (χ0v) is 18.9. The zero-order valence-electron chi connectivity index (χ0n) is 18.9. The second kappa shape index (κ2) is 13.7. The molecule has 8 nitrogen and oxygen atoms in total. The average Bonchev–Trinajstić information content (AvgIpc) is 2.79. The molecule has 8 heteroatoms. The van der Waals surface area contributed by atoms with Gasteiger partial charge in [0.25, 0.3) is 0 Å². The summed E-state index contributed by atoms with van der Waals surface area (Å²) in [5, 5.41) is 2.89. The SMILES string of the molecule is CCCOc1ccc(/C=C/C(=O)N2CCN(CC(=O)NCCCOC)CC2)cc1OC. The average molecular weight is 434 g/mol. The minimum Gasteiger partial charge on any atom is -0.493 e. The Morgan fingerprint density at radius 1 is 1.10 bits per heavy atom. The number of rotatable bonds is 12. The van der Waals surface area contributed by atoms with E-state index in [1.807, 2.05) is 25.1 Å². The molecule has 0 unspecified atom stereocenters. The fourth-order valence-corrected chi connectivity index (χ4v) is 3.22. The molecule has 0 atom stereocenters. The molecule has 0 aromatic heterocycles. The quantitative estimate of drug-likeness (QED) is 0.400. The Bertz CT molecular complexity index is 730. The fraction of sp³-hybridized carbons (Fsp3) is 0.565. The largest absolute Gasteiger partial charge is 0.493 e. The number of carbonyl (C=O) groups excluding carboxylic acids is 2. The van der Waals surface area contributed by atoms with Crippen molar-refractivity contribution in [3.05, 3.63) is 29.8 Å². The third kappa shape index (κ3) is 8.59. The molecular weight excluding hydrogens is 398 g/mol. The van der Waals surface area contributed by atoms with Crippen LogP contribution in [0, 0.1) is 0 Å². The summed E-state index contributed by atoms with van der Waals surface area (Å²) in [7, 11) is 3.25. The standard InChI is InChI=1S/C23H35N3O5/c1-4-15-31-20-8-6-19(17-21(20)30-3)7-9-23(28)26-13-11-25(12-14-26)18-22(27)24-10-5-16-29-2/h6-9,17H,4-5,10-16,18H2,1-3H3,(H,24,27)/b9-7+. The van der Waals surface area contributed by atoms with Crippen LogP contribution in [0.1, 0.15) is 25.3 Å². The van der Waals surface area contributed by atoms with Crippen molar-refractivity contribution in [1.29, 1.82) is 0 Å². The molecule has 0 aliphatic carbocycles. The predicted molar refractivity (Wildman–Crippen MR) is 120 cm³/mol. The molecule has 2 amide bonds. The molecule has 1 aromatic carbocycles. The van der Waals surface area contributed by atoms with Gasteiger partial charge in [-0.15, -0.1) is 0 Å². The minimum atomic E-state index is -0.0334. The highest BCUT2D eigenvalue weighted by molar-refractivity contribution is 5.92. The number of amides is 2. The molecule has 0 spiro atoms. The first-order valence-corrected chi connectivity index (χ1v) is 10.8. The highest BCUT2D eigenvalue weighted by Gasteiger charge is 2.21. The van der Waals surface area contributed by atoms with Gasteiger partial charge >= 0.3 is 0 Å². The Labute approximate surface area is 185 Å².